The van der Waals surface area contributed by atoms with Crippen LogP contribution in [0.2, 0.25) is 0 Å². The lowest BCUT2D eigenvalue weighted by molar-refractivity contribution is -0.284. The molecule has 2 heterocycles. The standard InChI is InChI=1S/C31H47N3O8S/c1-17-26(36)23(39-3)13-25(41-17)42-19-4-9-29(16-33-34-27(32)43)21-5-8-28(2)20(18-12-24(35)40-15-18)7-11-31(28,38)22(21)6-10-30(29,37)14-19/h12,16-17,19-23,25-26,36-38H,4-11,13-15H2,1-3H3,(H3,32,34,43)/b33-16+/t17-,19+,20?,21+,22-,23+,25+,26-,28-,29+,30+,31+/m1/s1. The Morgan fingerprint density at radius 2 is 1.95 bits per heavy atom. The van der Waals surface area contributed by atoms with E-state index in [1.54, 1.807) is 13.2 Å². The average molecular weight is 622 g/mol. The molecule has 0 aromatic heterocycles. The van der Waals surface area contributed by atoms with Gasteiger partial charge in [-0.1, -0.05) is 6.92 Å². The van der Waals surface area contributed by atoms with E-state index < -0.39 is 40.5 Å². The van der Waals surface area contributed by atoms with Gasteiger partial charge in [0.15, 0.2) is 11.4 Å². The topological polar surface area (TPSA) is 165 Å². The number of nitrogens with zero attached hydrogens (tertiary/aromatic N) is 1. The van der Waals surface area contributed by atoms with Crippen molar-refractivity contribution in [2.45, 2.75) is 120 Å². The summed E-state index contributed by atoms with van der Waals surface area (Å²) in [4.78, 5) is 11.9. The number of thiocarbonyl (C=S) groups is 1. The summed E-state index contributed by atoms with van der Waals surface area (Å²) in [5, 5.41) is 40.1. The maximum Gasteiger partial charge on any atom is 0.331 e. The molecule has 4 aliphatic carbocycles. The van der Waals surface area contributed by atoms with Gasteiger partial charge in [-0.3, -0.25) is 5.43 Å². The summed E-state index contributed by atoms with van der Waals surface area (Å²) >= 11 is 5.01. The van der Waals surface area contributed by atoms with Gasteiger partial charge >= 0.3 is 5.97 Å². The molecule has 0 amide bonds. The summed E-state index contributed by atoms with van der Waals surface area (Å²) in [5.74, 6) is -0.277. The van der Waals surface area contributed by atoms with E-state index in [1.165, 1.54) is 0 Å². The minimum Gasteiger partial charge on any atom is -0.458 e. The SMILES string of the molecule is CO[C@H]1C[C@H](O[C@H]2CC[C@]3(/C=N/NC(N)=S)[C@H]4CC[C@]5(C)C(C6=CC(=O)OC6)CC[C@]5(O)[C@@H]4CC[C@]3(O)C2)O[C@H](C)[C@H]1O. The van der Waals surface area contributed by atoms with E-state index in [0.29, 0.717) is 51.6 Å². The summed E-state index contributed by atoms with van der Waals surface area (Å²) in [5.41, 5.74) is 6.21. The molecule has 0 bridgehead atoms. The maximum atomic E-state index is 12.6. The fourth-order valence-corrected chi connectivity index (χ4v) is 10.3. The number of cyclic esters (lactones) is 1. The Morgan fingerprint density at radius 3 is 2.65 bits per heavy atom. The minimum atomic E-state index is -1.13. The molecule has 0 spiro atoms. The van der Waals surface area contributed by atoms with Crippen LogP contribution in [0.15, 0.2) is 16.8 Å². The van der Waals surface area contributed by atoms with E-state index in [4.69, 9.17) is 36.9 Å². The summed E-state index contributed by atoms with van der Waals surface area (Å²) in [6, 6.07) is 0. The van der Waals surface area contributed by atoms with Gasteiger partial charge in [0.25, 0.3) is 0 Å². The molecule has 2 aliphatic heterocycles. The lowest BCUT2D eigenvalue weighted by Gasteiger charge is -2.66. The fourth-order valence-electron chi connectivity index (χ4n) is 10.2. The Labute approximate surface area is 258 Å². The van der Waals surface area contributed by atoms with E-state index in [9.17, 15) is 20.1 Å². The highest BCUT2D eigenvalue weighted by molar-refractivity contribution is 7.80. The normalized spacial score (nSPS) is 49.5. The molecule has 5 fully saturated rings. The summed E-state index contributed by atoms with van der Waals surface area (Å²) < 4.78 is 23.1. The Morgan fingerprint density at radius 1 is 1.19 bits per heavy atom. The van der Waals surface area contributed by atoms with Crippen LogP contribution in [-0.4, -0.2) is 88.2 Å². The van der Waals surface area contributed by atoms with Crippen molar-refractivity contribution >= 4 is 29.5 Å². The molecule has 0 radical (unpaired) electrons. The van der Waals surface area contributed by atoms with E-state index in [-0.39, 0.29) is 41.0 Å². The van der Waals surface area contributed by atoms with Gasteiger partial charge in [0.05, 0.1) is 29.5 Å². The van der Waals surface area contributed by atoms with Crippen LogP contribution in [0.25, 0.3) is 0 Å². The number of hydrogen-bond donors (Lipinski definition) is 5. The number of aliphatic hydroxyl groups excluding tert-OH is 1. The number of nitrogens with two attached hydrogens (primary N) is 1. The van der Waals surface area contributed by atoms with Gasteiger partial charge in [-0.25, -0.2) is 4.79 Å². The number of hydrazone groups is 1. The van der Waals surface area contributed by atoms with Crippen molar-refractivity contribution < 1.29 is 39.1 Å². The van der Waals surface area contributed by atoms with Gasteiger partial charge in [0.1, 0.15) is 12.7 Å². The summed E-state index contributed by atoms with van der Waals surface area (Å²) in [6.45, 7) is 4.29. The number of carbonyl (C=O) groups is 1. The molecule has 6 rings (SSSR count). The van der Waals surface area contributed by atoms with E-state index in [2.05, 4.69) is 17.5 Å². The third-order valence-electron chi connectivity index (χ3n) is 12.4. The van der Waals surface area contributed by atoms with Crippen LogP contribution in [0.3, 0.4) is 0 Å². The van der Waals surface area contributed by atoms with Crippen molar-refractivity contribution in [3.05, 3.63) is 11.6 Å². The zero-order chi connectivity index (χ0) is 30.8. The van der Waals surface area contributed by atoms with Crippen molar-refractivity contribution in [2.24, 2.45) is 39.4 Å². The fraction of sp³-hybridized carbons (Fsp3) is 0.839. The van der Waals surface area contributed by atoms with Gasteiger partial charge in [0, 0.05) is 43.1 Å². The van der Waals surface area contributed by atoms with Gasteiger partial charge in [-0.2, -0.15) is 5.10 Å². The number of hydrogen-bond acceptors (Lipinski definition) is 10. The first-order chi connectivity index (χ1) is 20.4. The molecule has 0 aromatic rings. The van der Waals surface area contributed by atoms with Crippen LogP contribution in [0, 0.1) is 28.6 Å². The molecule has 43 heavy (non-hydrogen) atoms. The molecule has 6 N–H and O–H groups in total. The largest absolute Gasteiger partial charge is 0.458 e. The molecule has 11 nitrogen and oxygen atoms in total. The summed E-state index contributed by atoms with van der Waals surface area (Å²) in [6.07, 6.45) is 7.39. The van der Waals surface area contributed by atoms with Crippen LogP contribution in [-0.2, 0) is 23.7 Å². The lowest BCUT2D eigenvalue weighted by Crippen LogP contribution is -2.69. The van der Waals surface area contributed by atoms with Crippen LogP contribution < -0.4 is 11.2 Å². The van der Waals surface area contributed by atoms with E-state index in [1.807, 2.05) is 13.1 Å². The molecule has 12 atom stereocenters. The Bertz CT molecular complexity index is 1190. The number of methoxy groups -OCH3 is 1. The summed E-state index contributed by atoms with van der Waals surface area (Å²) in [7, 11) is 1.58. The zero-order valence-electron chi connectivity index (χ0n) is 25.4. The minimum absolute atomic E-state index is 0.0182. The first kappa shape index (κ1) is 31.3. The number of nitrogens with one attached hydrogen (secondary N) is 1. The van der Waals surface area contributed by atoms with Crippen molar-refractivity contribution in [2.75, 3.05) is 13.7 Å². The first-order valence-corrected chi connectivity index (χ1v) is 16.2. The second-order valence-corrected chi connectivity index (χ2v) is 14.6. The van der Waals surface area contributed by atoms with Crippen molar-refractivity contribution in [1.82, 2.24) is 5.43 Å². The zero-order valence-corrected chi connectivity index (χ0v) is 26.2. The smallest absolute Gasteiger partial charge is 0.331 e. The van der Waals surface area contributed by atoms with Gasteiger partial charge in [-0.15, -0.1) is 0 Å². The molecule has 12 heteroatoms. The molecular weight excluding hydrogens is 574 g/mol. The van der Waals surface area contributed by atoms with Crippen LogP contribution >= 0.6 is 12.2 Å². The van der Waals surface area contributed by atoms with Crippen molar-refractivity contribution in [3.8, 4) is 0 Å². The molecule has 4 saturated carbocycles. The Balaban J connectivity index is 1.27. The van der Waals surface area contributed by atoms with E-state index in [0.717, 1.165) is 24.8 Å². The average Bonchev–Trinajstić information content (AvgIpc) is 3.50. The van der Waals surface area contributed by atoms with Crippen LogP contribution in [0.5, 0.6) is 0 Å². The number of aliphatic hydroxyl groups is 3. The molecule has 6 aliphatic rings. The van der Waals surface area contributed by atoms with Gasteiger partial charge in [0.2, 0.25) is 0 Å². The van der Waals surface area contributed by atoms with Crippen molar-refractivity contribution in [1.29, 1.82) is 0 Å². The predicted molar refractivity (Wildman–Crippen MR) is 161 cm³/mol. The second kappa shape index (κ2) is 11.3. The lowest BCUT2D eigenvalue weighted by atomic mass is 9.41. The number of carbonyl (C=O) groups excluding carboxylic acids is 1. The number of rotatable bonds is 6. The van der Waals surface area contributed by atoms with Gasteiger partial charge < -0.3 is 40.0 Å². The molecule has 1 saturated heterocycles. The van der Waals surface area contributed by atoms with Crippen molar-refractivity contribution in [3.63, 3.8) is 0 Å². The highest BCUT2D eigenvalue weighted by Gasteiger charge is 2.71. The third kappa shape index (κ3) is 4.96. The molecule has 1 unspecified atom stereocenters. The number of ether oxygens (including phenoxy) is 4. The Kier molecular flexibility index (Phi) is 8.22. The first-order valence-electron chi connectivity index (χ1n) is 15.8. The maximum absolute atomic E-state index is 12.6. The van der Waals surface area contributed by atoms with E-state index >= 15 is 0 Å². The highest BCUT2D eigenvalue weighted by atomic mass is 32.1. The molecule has 0 aromatic carbocycles. The highest BCUT2D eigenvalue weighted by Crippen LogP contribution is 2.70. The predicted octanol–water partition coefficient (Wildman–Crippen LogP) is 2.05. The van der Waals surface area contributed by atoms with Crippen LogP contribution in [0.4, 0.5) is 0 Å². The quantitative estimate of drug-likeness (QED) is 0.0969. The monoisotopic (exact) mass is 621 g/mol. The van der Waals surface area contributed by atoms with Crippen LogP contribution in [0.1, 0.15) is 78.1 Å². The Hall–Kier alpha value is -1.67. The third-order valence-corrected chi connectivity index (χ3v) is 12.5. The number of esters is 1. The molecular formula is C31H47N3O8S. The molecule has 240 valence electrons. The van der Waals surface area contributed by atoms with Gasteiger partial charge in [-0.05, 0) is 93.8 Å². The number of fused-ring (bicyclic) bond motifs is 5. The second-order valence-electron chi connectivity index (χ2n) is 14.1.